The summed E-state index contributed by atoms with van der Waals surface area (Å²) in [7, 11) is -3.71. The minimum Gasteiger partial charge on any atom is -0.477 e. The first-order valence-electron chi connectivity index (χ1n) is 6.61. The van der Waals surface area contributed by atoms with Crippen LogP contribution in [0.3, 0.4) is 0 Å². The van der Waals surface area contributed by atoms with E-state index in [4.69, 9.17) is 9.84 Å². The summed E-state index contributed by atoms with van der Waals surface area (Å²) in [6.45, 7) is 5.96. The lowest BCUT2D eigenvalue weighted by Crippen LogP contribution is -2.45. The Morgan fingerprint density at radius 3 is 2.71 bits per heavy atom. The molecule has 118 valence electrons. The average Bonchev–Trinajstić information content (AvgIpc) is 2.70. The number of thiophene rings is 1. The van der Waals surface area contributed by atoms with Crippen molar-refractivity contribution in [2.45, 2.75) is 50.2 Å². The largest absolute Gasteiger partial charge is 0.477 e. The Morgan fingerprint density at radius 2 is 2.19 bits per heavy atom. The first-order chi connectivity index (χ1) is 9.61. The summed E-state index contributed by atoms with van der Waals surface area (Å²) in [5.74, 6) is -1.11. The fraction of sp³-hybridized carbons (Fsp3) is 0.615. The highest BCUT2D eigenvalue weighted by Gasteiger charge is 2.32. The van der Waals surface area contributed by atoms with E-state index in [0.717, 1.165) is 11.3 Å². The minimum absolute atomic E-state index is 0.0279. The third-order valence-corrected chi connectivity index (χ3v) is 6.21. The van der Waals surface area contributed by atoms with Crippen LogP contribution in [0.4, 0.5) is 0 Å². The molecule has 0 aromatic carbocycles. The van der Waals surface area contributed by atoms with Crippen molar-refractivity contribution >= 4 is 27.3 Å². The van der Waals surface area contributed by atoms with Crippen LogP contribution in [-0.4, -0.2) is 37.7 Å². The highest BCUT2D eigenvalue weighted by atomic mass is 32.2. The van der Waals surface area contributed by atoms with Gasteiger partial charge in [-0.15, -0.1) is 11.3 Å². The number of nitrogens with one attached hydrogen (secondary N) is 1. The molecule has 2 N–H and O–H groups in total. The van der Waals surface area contributed by atoms with Crippen LogP contribution in [0.25, 0.3) is 0 Å². The number of aryl methyl sites for hydroxylation is 1. The van der Waals surface area contributed by atoms with Crippen LogP contribution in [0.2, 0.25) is 0 Å². The predicted octanol–water partition coefficient (Wildman–Crippen LogP) is 1.99. The smallest absolute Gasteiger partial charge is 0.345 e. The fourth-order valence-corrected chi connectivity index (χ4v) is 5.15. The topological polar surface area (TPSA) is 92.7 Å². The van der Waals surface area contributed by atoms with Crippen LogP contribution < -0.4 is 4.72 Å². The maximum absolute atomic E-state index is 12.4. The Morgan fingerprint density at radius 1 is 1.52 bits per heavy atom. The van der Waals surface area contributed by atoms with Crippen molar-refractivity contribution in [2.75, 3.05) is 6.61 Å². The van der Waals surface area contributed by atoms with Gasteiger partial charge >= 0.3 is 5.97 Å². The second-order valence-electron chi connectivity index (χ2n) is 5.76. The highest BCUT2D eigenvalue weighted by molar-refractivity contribution is 7.89. The van der Waals surface area contributed by atoms with Crippen molar-refractivity contribution in [1.82, 2.24) is 4.72 Å². The lowest BCUT2D eigenvalue weighted by Gasteiger charge is -2.35. The van der Waals surface area contributed by atoms with Crippen LogP contribution in [0.15, 0.2) is 11.0 Å². The van der Waals surface area contributed by atoms with Crippen molar-refractivity contribution in [3.05, 3.63) is 15.8 Å². The molecule has 1 atom stereocenters. The zero-order valence-electron chi connectivity index (χ0n) is 12.2. The van der Waals surface area contributed by atoms with Gasteiger partial charge in [-0.2, -0.15) is 0 Å². The summed E-state index contributed by atoms with van der Waals surface area (Å²) in [5.41, 5.74) is -0.360. The summed E-state index contributed by atoms with van der Waals surface area (Å²) in [4.78, 5) is 11.5. The second-order valence-corrected chi connectivity index (χ2v) is 8.69. The Hall–Kier alpha value is -0.960. The number of hydrogen-bond acceptors (Lipinski definition) is 5. The van der Waals surface area contributed by atoms with Gasteiger partial charge in [0.1, 0.15) is 4.88 Å². The van der Waals surface area contributed by atoms with Gasteiger partial charge in [-0.05, 0) is 39.7 Å². The summed E-state index contributed by atoms with van der Waals surface area (Å²) in [5, 5.41) is 8.96. The van der Waals surface area contributed by atoms with E-state index in [1.165, 1.54) is 6.07 Å². The Balaban J connectivity index is 2.20. The maximum atomic E-state index is 12.4. The normalized spacial score (nSPS) is 22.1. The lowest BCUT2D eigenvalue weighted by atomic mass is 9.95. The molecule has 1 unspecified atom stereocenters. The SMILES string of the molecule is Cc1sc(C(=O)O)cc1S(=O)(=O)NC1CCOC(C)(C)C1. The van der Waals surface area contributed by atoms with Crippen molar-refractivity contribution in [1.29, 1.82) is 0 Å². The predicted molar refractivity (Wildman–Crippen MR) is 79.4 cm³/mol. The molecule has 2 heterocycles. The molecule has 1 aliphatic heterocycles. The Kier molecular flexibility index (Phi) is 4.44. The van der Waals surface area contributed by atoms with Crippen LogP contribution in [-0.2, 0) is 14.8 Å². The number of aromatic carboxylic acids is 1. The monoisotopic (exact) mass is 333 g/mol. The van der Waals surface area contributed by atoms with E-state index >= 15 is 0 Å². The number of carboxylic acids is 1. The van der Waals surface area contributed by atoms with E-state index in [0.29, 0.717) is 24.3 Å². The zero-order valence-corrected chi connectivity index (χ0v) is 13.8. The van der Waals surface area contributed by atoms with Gasteiger partial charge < -0.3 is 9.84 Å². The van der Waals surface area contributed by atoms with Gasteiger partial charge in [-0.3, -0.25) is 0 Å². The molecule has 0 bridgehead atoms. The molecule has 6 nitrogen and oxygen atoms in total. The summed E-state index contributed by atoms with van der Waals surface area (Å²) in [6.07, 6.45) is 1.19. The first kappa shape index (κ1) is 16.4. The van der Waals surface area contributed by atoms with Gasteiger partial charge in [-0.1, -0.05) is 0 Å². The molecule has 1 aromatic heterocycles. The number of hydrogen-bond donors (Lipinski definition) is 2. The molecule has 8 heteroatoms. The van der Waals surface area contributed by atoms with Crippen LogP contribution in [0.5, 0.6) is 0 Å². The van der Waals surface area contributed by atoms with E-state index in [1.54, 1.807) is 6.92 Å². The van der Waals surface area contributed by atoms with Crippen molar-refractivity contribution in [3.63, 3.8) is 0 Å². The summed E-state index contributed by atoms with van der Waals surface area (Å²) >= 11 is 0.968. The van der Waals surface area contributed by atoms with Crippen LogP contribution in [0, 0.1) is 6.92 Å². The number of rotatable bonds is 4. The third kappa shape index (κ3) is 3.82. The molecule has 0 aliphatic carbocycles. The minimum atomic E-state index is -3.71. The molecule has 0 spiro atoms. The molecular weight excluding hydrogens is 314 g/mol. The molecule has 1 aliphatic rings. The van der Waals surface area contributed by atoms with Gasteiger partial charge in [0.05, 0.1) is 10.5 Å². The molecule has 1 saturated heterocycles. The highest BCUT2D eigenvalue weighted by Crippen LogP contribution is 2.28. The summed E-state index contributed by atoms with van der Waals surface area (Å²) < 4.78 is 33.1. The molecule has 2 rings (SSSR count). The van der Waals surface area contributed by atoms with Gasteiger partial charge in [0.25, 0.3) is 0 Å². The fourth-order valence-electron chi connectivity index (χ4n) is 2.45. The van der Waals surface area contributed by atoms with E-state index in [1.807, 2.05) is 13.8 Å². The van der Waals surface area contributed by atoms with Gasteiger partial charge in [0.15, 0.2) is 0 Å². The first-order valence-corrected chi connectivity index (χ1v) is 8.91. The van der Waals surface area contributed by atoms with Crippen molar-refractivity contribution < 1.29 is 23.1 Å². The van der Waals surface area contributed by atoms with Crippen LogP contribution >= 0.6 is 11.3 Å². The molecule has 21 heavy (non-hydrogen) atoms. The van der Waals surface area contributed by atoms with E-state index in [-0.39, 0.29) is 21.4 Å². The molecule has 1 fully saturated rings. The lowest BCUT2D eigenvalue weighted by molar-refractivity contribution is -0.0599. The molecule has 0 amide bonds. The Labute approximate surface area is 128 Å². The average molecular weight is 333 g/mol. The van der Waals surface area contributed by atoms with E-state index in [9.17, 15) is 13.2 Å². The van der Waals surface area contributed by atoms with Crippen LogP contribution in [0.1, 0.15) is 41.2 Å². The molecule has 0 saturated carbocycles. The number of ether oxygens (including phenoxy) is 1. The van der Waals surface area contributed by atoms with Gasteiger partial charge in [0.2, 0.25) is 10.0 Å². The number of sulfonamides is 1. The van der Waals surface area contributed by atoms with Crippen molar-refractivity contribution in [3.8, 4) is 0 Å². The molecule has 1 aromatic rings. The third-order valence-electron chi connectivity index (χ3n) is 3.39. The second kappa shape index (κ2) is 5.68. The Bertz CT molecular complexity index is 648. The number of carboxylic acid groups (broad SMARTS) is 1. The zero-order chi connectivity index (χ0) is 15.8. The standard InChI is InChI=1S/C13H19NO5S2/c1-8-11(6-10(20-8)12(15)16)21(17,18)14-9-4-5-19-13(2,3)7-9/h6,9,14H,4-5,7H2,1-3H3,(H,15,16). The van der Waals surface area contributed by atoms with Crippen molar-refractivity contribution in [2.24, 2.45) is 0 Å². The summed E-state index contributed by atoms with van der Waals surface area (Å²) in [6, 6.07) is 1.01. The molecule has 0 radical (unpaired) electrons. The van der Waals surface area contributed by atoms with E-state index < -0.39 is 16.0 Å². The van der Waals surface area contributed by atoms with E-state index in [2.05, 4.69) is 4.72 Å². The van der Waals surface area contributed by atoms with Gasteiger partial charge in [-0.25, -0.2) is 17.9 Å². The van der Waals surface area contributed by atoms with Gasteiger partial charge in [0, 0.05) is 17.5 Å². The quantitative estimate of drug-likeness (QED) is 0.879. The molecular formula is C13H19NO5S2. The maximum Gasteiger partial charge on any atom is 0.345 e. The number of carbonyl (C=O) groups is 1.